The molecule has 1 aliphatic rings. The summed E-state index contributed by atoms with van der Waals surface area (Å²) in [5.74, 6) is 1.05. The third-order valence-corrected chi connectivity index (χ3v) is 4.31. The highest BCUT2D eigenvalue weighted by Gasteiger charge is 2.50. The van der Waals surface area contributed by atoms with Crippen LogP contribution in [0.1, 0.15) is 61.3 Å². The number of ketones is 1. The zero-order valence-electron chi connectivity index (χ0n) is 15.2. The lowest BCUT2D eigenvalue weighted by Crippen LogP contribution is -2.49. The monoisotopic (exact) mass is 311 g/mol. The summed E-state index contributed by atoms with van der Waals surface area (Å²) in [5, 5.41) is 3.01. The summed E-state index contributed by atoms with van der Waals surface area (Å²) in [5.41, 5.74) is -0.682. The van der Waals surface area contributed by atoms with E-state index in [1.165, 1.54) is 0 Å². The third kappa shape index (κ3) is 5.38. The van der Waals surface area contributed by atoms with Gasteiger partial charge < -0.3 is 10.1 Å². The number of hydrogen-bond donors (Lipinski definition) is 1. The molecule has 0 aliphatic carbocycles. The van der Waals surface area contributed by atoms with Crippen LogP contribution in [0.5, 0.6) is 0 Å². The molecule has 1 saturated heterocycles. The average molecular weight is 311 g/mol. The number of rotatable bonds is 9. The van der Waals surface area contributed by atoms with Crippen LogP contribution in [0.25, 0.3) is 0 Å². The van der Waals surface area contributed by atoms with E-state index in [2.05, 4.69) is 46.9 Å². The maximum atomic E-state index is 12.7. The van der Waals surface area contributed by atoms with Crippen LogP contribution < -0.4 is 5.32 Å². The summed E-state index contributed by atoms with van der Waals surface area (Å²) in [6, 6.07) is -0.437. The summed E-state index contributed by atoms with van der Waals surface area (Å²) in [7, 11) is 0. The van der Waals surface area contributed by atoms with Crippen molar-refractivity contribution in [1.29, 1.82) is 0 Å². The van der Waals surface area contributed by atoms with Crippen molar-refractivity contribution in [2.24, 2.45) is 23.7 Å². The number of carbonyl (C=O) groups is 2. The molecule has 1 amide bonds. The van der Waals surface area contributed by atoms with Crippen LogP contribution in [0.15, 0.2) is 0 Å². The van der Waals surface area contributed by atoms with Gasteiger partial charge in [-0.2, -0.15) is 0 Å². The van der Waals surface area contributed by atoms with E-state index >= 15 is 0 Å². The highest BCUT2D eigenvalue weighted by Crippen LogP contribution is 2.30. The molecule has 1 fully saturated rings. The normalized spacial score (nSPS) is 23.7. The van der Waals surface area contributed by atoms with Gasteiger partial charge in [0.15, 0.2) is 5.78 Å². The Kier molecular flexibility index (Phi) is 6.60. The summed E-state index contributed by atoms with van der Waals surface area (Å²) >= 11 is 0. The van der Waals surface area contributed by atoms with Crippen molar-refractivity contribution in [3.05, 3.63) is 0 Å². The van der Waals surface area contributed by atoms with Gasteiger partial charge in [-0.25, -0.2) is 0 Å². The van der Waals surface area contributed by atoms with Crippen molar-refractivity contribution in [3.8, 4) is 0 Å². The van der Waals surface area contributed by atoms with Crippen LogP contribution in [0.4, 0.5) is 0 Å². The van der Waals surface area contributed by atoms with Crippen LogP contribution in [0.3, 0.4) is 0 Å². The molecule has 1 N–H and O–H groups in total. The molecule has 1 aliphatic heterocycles. The topological polar surface area (TPSA) is 58.7 Å². The van der Waals surface area contributed by atoms with Gasteiger partial charge in [-0.05, 0) is 37.5 Å². The quantitative estimate of drug-likeness (QED) is 0.665. The molecule has 0 spiro atoms. The van der Waals surface area contributed by atoms with Crippen molar-refractivity contribution in [2.45, 2.75) is 73.0 Å². The van der Waals surface area contributed by atoms with Gasteiger partial charge in [-0.1, -0.05) is 41.5 Å². The zero-order valence-corrected chi connectivity index (χ0v) is 15.2. The number of Topliss-reactive ketones (excluding diaryl/α,β-unsaturated/α-hetero) is 1. The molecule has 22 heavy (non-hydrogen) atoms. The largest absolute Gasteiger partial charge is 0.361 e. The molecule has 0 bridgehead atoms. The van der Waals surface area contributed by atoms with Gasteiger partial charge >= 0.3 is 0 Å². The highest BCUT2D eigenvalue weighted by molar-refractivity contribution is 5.96. The molecular formula is C18H33NO3. The fourth-order valence-electron chi connectivity index (χ4n) is 2.79. The second kappa shape index (κ2) is 7.58. The Morgan fingerprint density at radius 3 is 1.91 bits per heavy atom. The lowest BCUT2D eigenvalue weighted by molar-refractivity contribution is -0.133. The van der Waals surface area contributed by atoms with Crippen LogP contribution >= 0.6 is 0 Å². The van der Waals surface area contributed by atoms with E-state index in [9.17, 15) is 9.59 Å². The molecule has 0 aromatic rings. The first-order valence-electron chi connectivity index (χ1n) is 8.55. The maximum Gasteiger partial charge on any atom is 0.223 e. The molecule has 0 aromatic carbocycles. The predicted molar refractivity (Wildman–Crippen MR) is 88.5 cm³/mol. The fraction of sp³-hybridized carbons (Fsp3) is 0.889. The number of epoxide rings is 1. The Bertz CT molecular complexity index is 397. The van der Waals surface area contributed by atoms with Crippen molar-refractivity contribution in [2.75, 3.05) is 6.61 Å². The summed E-state index contributed by atoms with van der Waals surface area (Å²) in [4.78, 5) is 25.2. The maximum absolute atomic E-state index is 12.7. The second-order valence-corrected chi connectivity index (χ2v) is 8.05. The molecule has 3 atom stereocenters. The molecular weight excluding hydrogens is 278 g/mol. The zero-order chi connectivity index (χ0) is 17.1. The number of hydrogen-bond acceptors (Lipinski definition) is 3. The summed E-state index contributed by atoms with van der Waals surface area (Å²) in [6.07, 6.45) is 1.51. The number of amides is 1. The molecule has 1 rings (SSSR count). The molecule has 128 valence electrons. The second-order valence-electron chi connectivity index (χ2n) is 8.05. The molecule has 0 radical (unpaired) electrons. The Labute approximate surface area is 135 Å². The van der Waals surface area contributed by atoms with E-state index in [-0.39, 0.29) is 23.5 Å². The minimum absolute atomic E-state index is 0.00644. The van der Waals surface area contributed by atoms with Crippen molar-refractivity contribution >= 4 is 11.7 Å². The summed E-state index contributed by atoms with van der Waals surface area (Å²) < 4.78 is 5.27. The van der Waals surface area contributed by atoms with E-state index in [0.717, 1.165) is 6.42 Å². The van der Waals surface area contributed by atoms with Gasteiger partial charge in [0, 0.05) is 5.92 Å². The predicted octanol–water partition coefficient (Wildman–Crippen LogP) is 3.19. The first-order valence-corrected chi connectivity index (χ1v) is 8.55. The average Bonchev–Trinajstić information content (AvgIpc) is 3.12. The Hall–Kier alpha value is -0.900. The van der Waals surface area contributed by atoms with Crippen LogP contribution in [-0.2, 0) is 14.3 Å². The SMILES string of the molecule is CC(C)C[C@H](NC(=O)[C@@H](CC(C)C)C(C)C)C(=O)[C@@]1(C)CO1. The van der Waals surface area contributed by atoms with Gasteiger partial charge in [0.2, 0.25) is 5.91 Å². The van der Waals surface area contributed by atoms with E-state index < -0.39 is 11.6 Å². The van der Waals surface area contributed by atoms with Crippen LogP contribution in [0.2, 0.25) is 0 Å². The van der Waals surface area contributed by atoms with Gasteiger partial charge in [0.25, 0.3) is 0 Å². The highest BCUT2D eigenvalue weighted by atomic mass is 16.6. The smallest absolute Gasteiger partial charge is 0.223 e. The number of nitrogens with one attached hydrogen (secondary N) is 1. The van der Waals surface area contributed by atoms with Crippen LogP contribution in [0, 0.1) is 23.7 Å². The van der Waals surface area contributed by atoms with Gasteiger partial charge in [-0.15, -0.1) is 0 Å². The molecule has 0 aromatic heterocycles. The lowest BCUT2D eigenvalue weighted by Gasteiger charge is -2.27. The minimum Gasteiger partial charge on any atom is -0.361 e. The standard InChI is InChI=1S/C18H33NO3/c1-11(2)8-14(13(5)6)17(21)19-15(9-12(3)4)16(20)18(7)10-22-18/h11-15H,8-10H2,1-7H3,(H,19,21)/t14-,15-,18+/m0/s1. The van der Waals surface area contributed by atoms with E-state index in [1.807, 2.05) is 6.92 Å². The molecule has 0 saturated carbocycles. The molecule has 4 nitrogen and oxygen atoms in total. The van der Waals surface area contributed by atoms with Gasteiger partial charge in [0.05, 0.1) is 12.6 Å². The Morgan fingerprint density at radius 2 is 1.55 bits per heavy atom. The Morgan fingerprint density at radius 1 is 1.05 bits per heavy atom. The Balaban J connectivity index is 2.78. The molecule has 1 heterocycles. The number of ether oxygens (including phenoxy) is 1. The van der Waals surface area contributed by atoms with Gasteiger partial charge in [0.1, 0.15) is 5.60 Å². The van der Waals surface area contributed by atoms with E-state index in [4.69, 9.17) is 4.74 Å². The van der Waals surface area contributed by atoms with Crippen molar-refractivity contribution < 1.29 is 14.3 Å². The number of carbonyl (C=O) groups excluding carboxylic acids is 2. The van der Waals surface area contributed by atoms with E-state index in [1.54, 1.807) is 0 Å². The fourth-order valence-corrected chi connectivity index (χ4v) is 2.79. The first-order chi connectivity index (χ1) is 10.1. The molecule has 4 heteroatoms. The van der Waals surface area contributed by atoms with E-state index in [0.29, 0.717) is 24.9 Å². The summed E-state index contributed by atoms with van der Waals surface area (Å²) in [6.45, 7) is 14.8. The van der Waals surface area contributed by atoms with Crippen LogP contribution in [-0.4, -0.2) is 29.9 Å². The lowest BCUT2D eigenvalue weighted by atomic mass is 9.86. The van der Waals surface area contributed by atoms with Crippen molar-refractivity contribution in [1.82, 2.24) is 5.32 Å². The van der Waals surface area contributed by atoms with Gasteiger partial charge in [-0.3, -0.25) is 9.59 Å². The van der Waals surface area contributed by atoms with Crippen molar-refractivity contribution in [3.63, 3.8) is 0 Å². The first kappa shape index (κ1) is 19.1. The minimum atomic E-state index is -0.682. The molecule has 0 unspecified atom stereocenters. The third-order valence-electron chi connectivity index (χ3n) is 4.31.